The van der Waals surface area contributed by atoms with E-state index in [1.54, 1.807) is 24.3 Å². The molecule has 1 atom stereocenters. The maximum Gasteiger partial charge on any atom is 0.240 e. The van der Waals surface area contributed by atoms with Gasteiger partial charge in [-0.15, -0.1) is 12.4 Å². The molecule has 9 heteroatoms. The molecule has 0 aliphatic carbocycles. The van der Waals surface area contributed by atoms with Crippen LogP contribution in [0.1, 0.15) is 45.1 Å². The highest BCUT2D eigenvalue weighted by molar-refractivity contribution is 7.89. The second kappa shape index (κ2) is 11.1. The molecule has 1 aliphatic rings. The van der Waals surface area contributed by atoms with Crippen LogP contribution in [0.4, 0.5) is 0 Å². The molecular formula is C19H32ClN3O4S. The number of hydrogen-bond acceptors (Lipinski definition) is 5. The predicted octanol–water partition coefficient (Wildman–Crippen LogP) is 1.95. The molecular weight excluding hydrogens is 402 g/mol. The van der Waals surface area contributed by atoms with Crippen molar-refractivity contribution < 1.29 is 17.9 Å². The summed E-state index contributed by atoms with van der Waals surface area (Å²) in [6, 6.07) is 6.52. The molecule has 0 bridgehead atoms. The van der Waals surface area contributed by atoms with Crippen LogP contribution in [-0.2, 0) is 26.1 Å². The molecule has 7 nitrogen and oxygen atoms in total. The number of rotatable bonds is 10. The first-order valence-electron chi connectivity index (χ1n) is 9.55. The summed E-state index contributed by atoms with van der Waals surface area (Å²) < 4.78 is 32.8. The highest BCUT2D eigenvalue weighted by Crippen LogP contribution is 2.25. The fraction of sp³-hybridized carbons (Fsp3) is 0.632. The summed E-state index contributed by atoms with van der Waals surface area (Å²) in [6.07, 6.45) is 3.16. The Bertz CT molecular complexity index is 707. The van der Waals surface area contributed by atoms with Crippen molar-refractivity contribution in [3.05, 3.63) is 29.8 Å². The largest absolute Gasteiger partial charge is 0.377 e. The number of amides is 1. The topological polar surface area (TPSA) is 111 Å². The quantitative estimate of drug-likeness (QED) is 0.522. The van der Waals surface area contributed by atoms with Gasteiger partial charge >= 0.3 is 0 Å². The molecule has 28 heavy (non-hydrogen) atoms. The molecule has 1 aliphatic heterocycles. The van der Waals surface area contributed by atoms with Crippen LogP contribution in [0.25, 0.3) is 0 Å². The number of ether oxygens (including phenoxy) is 1. The Morgan fingerprint density at radius 3 is 2.39 bits per heavy atom. The summed E-state index contributed by atoms with van der Waals surface area (Å²) in [7, 11) is -3.56. The molecule has 0 aromatic heterocycles. The molecule has 0 saturated carbocycles. The third-order valence-electron chi connectivity index (χ3n) is 5.44. The lowest BCUT2D eigenvalue weighted by molar-refractivity contribution is -0.131. The van der Waals surface area contributed by atoms with E-state index >= 15 is 0 Å². The van der Waals surface area contributed by atoms with Crippen LogP contribution in [0.3, 0.4) is 0 Å². The Morgan fingerprint density at radius 1 is 1.25 bits per heavy atom. The number of carbonyl (C=O) groups is 1. The summed E-state index contributed by atoms with van der Waals surface area (Å²) in [5.41, 5.74) is 6.08. The lowest BCUT2D eigenvalue weighted by atomic mass is 9.81. The van der Waals surface area contributed by atoms with Gasteiger partial charge in [-0.1, -0.05) is 26.0 Å². The lowest BCUT2D eigenvalue weighted by Gasteiger charge is -2.28. The van der Waals surface area contributed by atoms with Crippen LogP contribution in [-0.4, -0.2) is 40.1 Å². The number of sulfonamides is 1. The number of carbonyl (C=O) groups excluding carboxylic acids is 1. The SMILES string of the molecule is CCC(CC)(CN)C(=O)NCc1ccc(S(=O)(=O)NCC2CCCO2)cc1.Cl. The minimum absolute atomic E-state index is 0. The molecule has 4 N–H and O–H groups in total. The van der Waals surface area contributed by atoms with Crippen molar-refractivity contribution >= 4 is 28.3 Å². The van der Waals surface area contributed by atoms with Crippen LogP contribution < -0.4 is 15.8 Å². The van der Waals surface area contributed by atoms with Crippen molar-refractivity contribution in [1.29, 1.82) is 0 Å². The molecule has 2 rings (SSSR count). The number of nitrogens with one attached hydrogen (secondary N) is 2. The summed E-state index contributed by atoms with van der Waals surface area (Å²) in [6.45, 7) is 5.53. The molecule has 1 saturated heterocycles. The van der Waals surface area contributed by atoms with Gasteiger partial charge in [-0.05, 0) is 43.4 Å². The Hall–Kier alpha value is -1.19. The van der Waals surface area contributed by atoms with Gasteiger partial charge in [0.25, 0.3) is 0 Å². The van der Waals surface area contributed by atoms with E-state index in [2.05, 4.69) is 10.0 Å². The smallest absolute Gasteiger partial charge is 0.240 e. The van der Waals surface area contributed by atoms with Gasteiger partial charge in [-0.25, -0.2) is 13.1 Å². The Labute approximate surface area is 174 Å². The molecule has 0 spiro atoms. The van der Waals surface area contributed by atoms with Gasteiger partial charge in [0, 0.05) is 26.2 Å². The van der Waals surface area contributed by atoms with Gasteiger partial charge < -0.3 is 15.8 Å². The van der Waals surface area contributed by atoms with Crippen LogP contribution in [0.2, 0.25) is 0 Å². The van der Waals surface area contributed by atoms with E-state index in [1.165, 1.54) is 0 Å². The minimum Gasteiger partial charge on any atom is -0.377 e. The Balaban J connectivity index is 0.00000392. The highest BCUT2D eigenvalue weighted by atomic mass is 35.5. The first-order valence-corrected chi connectivity index (χ1v) is 11.0. The average molecular weight is 434 g/mol. The lowest BCUT2D eigenvalue weighted by Crippen LogP contribution is -2.45. The van der Waals surface area contributed by atoms with Crippen LogP contribution in [0.15, 0.2) is 29.2 Å². The number of benzene rings is 1. The molecule has 0 radical (unpaired) electrons. The minimum atomic E-state index is -3.56. The van der Waals surface area contributed by atoms with Crippen molar-refractivity contribution in [3.8, 4) is 0 Å². The Kier molecular flexibility index (Phi) is 9.86. The van der Waals surface area contributed by atoms with Crippen molar-refractivity contribution in [3.63, 3.8) is 0 Å². The average Bonchev–Trinajstić information content (AvgIpc) is 3.21. The first kappa shape index (κ1) is 24.8. The first-order chi connectivity index (χ1) is 12.9. The predicted molar refractivity (Wildman–Crippen MR) is 112 cm³/mol. The van der Waals surface area contributed by atoms with Crippen molar-refractivity contribution in [1.82, 2.24) is 10.0 Å². The van der Waals surface area contributed by atoms with Crippen LogP contribution in [0.5, 0.6) is 0 Å². The second-order valence-corrected chi connectivity index (χ2v) is 8.77. The van der Waals surface area contributed by atoms with Crippen molar-refractivity contribution in [2.75, 3.05) is 19.7 Å². The van der Waals surface area contributed by atoms with E-state index in [9.17, 15) is 13.2 Å². The molecule has 1 heterocycles. The fourth-order valence-electron chi connectivity index (χ4n) is 3.20. The zero-order valence-electron chi connectivity index (χ0n) is 16.6. The third-order valence-corrected chi connectivity index (χ3v) is 6.88. The normalized spacial score (nSPS) is 17.2. The van der Waals surface area contributed by atoms with E-state index in [-0.39, 0.29) is 35.9 Å². The maximum absolute atomic E-state index is 12.5. The van der Waals surface area contributed by atoms with Crippen molar-refractivity contribution in [2.45, 2.75) is 57.1 Å². The van der Waals surface area contributed by atoms with Gasteiger partial charge in [0.1, 0.15) is 0 Å². The Morgan fingerprint density at radius 2 is 1.89 bits per heavy atom. The zero-order valence-corrected chi connectivity index (χ0v) is 18.2. The summed E-state index contributed by atoms with van der Waals surface area (Å²) in [5.74, 6) is -0.0649. The van der Waals surface area contributed by atoms with Crippen molar-refractivity contribution in [2.24, 2.45) is 11.1 Å². The second-order valence-electron chi connectivity index (χ2n) is 7.01. The van der Waals surface area contributed by atoms with Gasteiger partial charge in [-0.3, -0.25) is 4.79 Å². The standard InChI is InChI=1S/C19H31N3O4S.ClH/c1-3-19(4-2,14-20)18(23)21-12-15-7-9-17(10-8-15)27(24,25)22-13-16-6-5-11-26-16;/h7-10,16,22H,3-6,11-14,20H2,1-2H3,(H,21,23);1H. The van der Waals surface area contributed by atoms with Gasteiger partial charge in [0.15, 0.2) is 0 Å². The van der Waals surface area contributed by atoms with E-state index in [1.807, 2.05) is 13.8 Å². The van der Waals surface area contributed by atoms with E-state index in [0.717, 1.165) is 18.4 Å². The molecule has 1 unspecified atom stereocenters. The van der Waals surface area contributed by atoms with Crippen LogP contribution >= 0.6 is 12.4 Å². The van der Waals surface area contributed by atoms with Gasteiger partial charge in [-0.2, -0.15) is 0 Å². The molecule has 1 fully saturated rings. The third kappa shape index (κ3) is 6.15. The van der Waals surface area contributed by atoms with E-state index < -0.39 is 15.4 Å². The van der Waals surface area contributed by atoms with Crippen LogP contribution in [0, 0.1) is 5.41 Å². The molecule has 1 aromatic rings. The summed E-state index contributed by atoms with van der Waals surface area (Å²) in [5, 5.41) is 2.91. The number of hydrogen-bond donors (Lipinski definition) is 3. The van der Waals surface area contributed by atoms with Gasteiger partial charge in [0.05, 0.1) is 16.4 Å². The fourth-order valence-corrected chi connectivity index (χ4v) is 4.27. The maximum atomic E-state index is 12.5. The monoisotopic (exact) mass is 433 g/mol. The molecule has 160 valence electrons. The molecule has 1 amide bonds. The van der Waals surface area contributed by atoms with Gasteiger partial charge in [0.2, 0.25) is 15.9 Å². The van der Waals surface area contributed by atoms with E-state index in [0.29, 0.717) is 32.5 Å². The molecule has 1 aromatic carbocycles. The summed E-state index contributed by atoms with van der Waals surface area (Å²) in [4.78, 5) is 12.7. The van der Waals surface area contributed by atoms with E-state index in [4.69, 9.17) is 10.5 Å². The summed E-state index contributed by atoms with van der Waals surface area (Å²) >= 11 is 0. The number of nitrogens with two attached hydrogens (primary N) is 1. The zero-order chi connectivity index (χ0) is 19.9. The number of halogens is 1. The highest BCUT2D eigenvalue weighted by Gasteiger charge is 2.32.